The lowest BCUT2D eigenvalue weighted by molar-refractivity contribution is -0.155. The molecule has 0 saturated heterocycles. The number of ether oxygens (including phenoxy) is 2. The van der Waals surface area contributed by atoms with Crippen molar-refractivity contribution >= 4 is 11.7 Å². The Hall–Kier alpha value is -1.95. The SMILES string of the molecule is COc1ccc(OC)c(NCC(C)(O)C(=O)O)c1. The first-order chi connectivity index (χ1) is 8.40. The minimum atomic E-state index is -1.85. The molecule has 1 aromatic rings. The Kier molecular flexibility index (Phi) is 4.38. The number of hydrogen-bond acceptors (Lipinski definition) is 5. The number of hydrogen-bond donors (Lipinski definition) is 3. The van der Waals surface area contributed by atoms with Crippen LogP contribution in [0, 0.1) is 0 Å². The molecular formula is C12H17NO5. The fourth-order valence-electron chi connectivity index (χ4n) is 1.30. The maximum absolute atomic E-state index is 10.8. The summed E-state index contributed by atoms with van der Waals surface area (Å²) in [5.41, 5.74) is -1.30. The van der Waals surface area contributed by atoms with E-state index in [1.807, 2.05) is 0 Å². The van der Waals surface area contributed by atoms with E-state index >= 15 is 0 Å². The normalized spacial score (nSPS) is 13.6. The van der Waals surface area contributed by atoms with Crippen LogP contribution in [0.3, 0.4) is 0 Å². The van der Waals surface area contributed by atoms with Crippen LogP contribution in [0.5, 0.6) is 11.5 Å². The second-order valence-electron chi connectivity index (χ2n) is 4.00. The van der Waals surface area contributed by atoms with E-state index in [1.54, 1.807) is 18.2 Å². The third-order valence-electron chi connectivity index (χ3n) is 2.49. The molecule has 0 bridgehead atoms. The van der Waals surface area contributed by atoms with E-state index in [0.717, 1.165) is 0 Å². The molecule has 1 aromatic carbocycles. The van der Waals surface area contributed by atoms with Crippen LogP contribution in [0.25, 0.3) is 0 Å². The Morgan fingerprint density at radius 3 is 2.56 bits per heavy atom. The monoisotopic (exact) mass is 255 g/mol. The molecule has 18 heavy (non-hydrogen) atoms. The molecule has 1 atom stereocenters. The molecule has 0 saturated carbocycles. The summed E-state index contributed by atoms with van der Waals surface area (Å²) in [4.78, 5) is 10.8. The molecule has 0 aromatic heterocycles. The average Bonchev–Trinajstić information content (AvgIpc) is 2.35. The number of aliphatic carboxylic acids is 1. The number of aliphatic hydroxyl groups is 1. The molecule has 0 heterocycles. The van der Waals surface area contributed by atoms with Gasteiger partial charge in [-0.1, -0.05) is 0 Å². The van der Waals surface area contributed by atoms with E-state index in [2.05, 4.69) is 5.32 Å². The predicted molar refractivity (Wildman–Crippen MR) is 66.3 cm³/mol. The molecule has 6 heteroatoms. The molecule has 0 aliphatic heterocycles. The van der Waals surface area contributed by atoms with Crippen molar-refractivity contribution in [1.29, 1.82) is 0 Å². The molecule has 0 spiro atoms. The second kappa shape index (κ2) is 5.59. The first kappa shape index (κ1) is 14.1. The van der Waals surface area contributed by atoms with Crippen LogP contribution in [0.1, 0.15) is 6.92 Å². The Morgan fingerprint density at radius 1 is 1.39 bits per heavy atom. The topological polar surface area (TPSA) is 88.0 Å². The number of nitrogens with one attached hydrogen (secondary N) is 1. The second-order valence-corrected chi connectivity index (χ2v) is 4.00. The number of carbonyl (C=O) groups is 1. The zero-order valence-electron chi connectivity index (χ0n) is 10.6. The summed E-state index contributed by atoms with van der Waals surface area (Å²) in [6.07, 6.45) is 0. The van der Waals surface area contributed by atoms with Gasteiger partial charge >= 0.3 is 5.97 Å². The molecular weight excluding hydrogens is 238 g/mol. The number of rotatable bonds is 6. The molecule has 0 amide bonds. The Bertz CT molecular complexity index is 430. The van der Waals surface area contributed by atoms with Crippen molar-refractivity contribution in [2.24, 2.45) is 0 Å². The summed E-state index contributed by atoms with van der Waals surface area (Å²) >= 11 is 0. The van der Waals surface area contributed by atoms with Crippen molar-refractivity contribution in [1.82, 2.24) is 0 Å². The van der Waals surface area contributed by atoms with Crippen molar-refractivity contribution in [3.63, 3.8) is 0 Å². The summed E-state index contributed by atoms with van der Waals surface area (Å²) < 4.78 is 10.2. The van der Waals surface area contributed by atoms with Crippen LogP contribution in [0.15, 0.2) is 18.2 Å². The highest BCUT2D eigenvalue weighted by Crippen LogP contribution is 2.29. The van der Waals surface area contributed by atoms with E-state index < -0.39 is 11.6 Å². The molecule has 1 unspecified atom stereocenters. The number of carboxylic acids is 1. The largest absolute Gasteiger partial charge is 0.497 e. The Morgan fingerprint density at radius 2 is 2.06 bits per heavy atom. The number of anilines is 1. The maximum atomic E-state index is 10.8. The summed E-state index contributed by atoms with van der Waals surface area (Å²) in [6.45, 7) is 1.07. The van der Waals surface area contributed by atoms with E-state index in [9.17, 15) is 9.90 Å². The minimum absolute atomic E-state index is 0.147. The lowest BCUT2D eigenvalue weighted by atomic mass is 10.1. The lowest BCUT2D eigenvalue weighted by Crippen LogP contribution is -2.41. The maximum Gasteiger partial charge on any atom is 0.337 e. The van der Waals surface area contributed by atoms with Gasteiger partial charge in [0.15, 0.2) is 5.60 Å². The van der Waals surface area contributed by atoms with Crippen LogP contribution in [0.2, 0.25) is 0 Å². The molecule has 0 fully saturated rings. The Labute approximate surface area is 105 Å². The van der Waals surface area contributed by atoms with Gasteiger partial charge < -0.3 is 25.0 Å². The van der Waals surface area contributed by atoms with Gasteiger partial charge in [-0.15, -0.1) is 0 Å². The number of benzene rings is 1. The number of carboxylic acid groups (broad SMARTS) is 1. The van der Waals surface area contributed by atoms with E-state index in [4.69, 9.17) is 14.6 Å². The van der Waals surface area contributed by atoms with Crippen molar-refractivity contribution in [2.45, 2.75) is 12.5 Å². The van der Waals surface area contributed by atoms with Crippen LogP contribution in [0.4, 0.5) is 5.69 Å². The average molecular weight is 255 g/mol. The molecule has 3 N–H and O–H groups in total. The summed E-state index contributed by atoms with van der Waals surface area (Å²) in [7, 11) is 3.03. The van der Waals surface area contributed by atoms with Gasteiger partial charge in [0.2, 0.25) is 0 Å². The summed E-state index contributed by atoms with van der Waals surface area (Å²) in [5.74, 6) is -0.151. The number of methoxy groups -OCH3 is 2. The fourth-order valence-corrected chi connectivity index (χ4v) is 1.30. The van der Waals surface area contributed by atoms with Crippen LogP contribution < -0.4 is 14.8 Å². The van der Waals surface area contributed by atoms with Gasteiger partial charge in [-0.2, -0.15) is 0 Å². The first-order valence-electron chi connectivity index (χ1n) is 5.32. The van der Waals surface area contributed by atoms with Gasteiger partial charge in [0, 0.05) is 6.07 Å². The Balaban J connectivity index is 2.86. The molecule has 0 aliphatic carbocycles. The van der Waals surface area contributed by atoms with Crippen molar-refractivity contribution in [2.75, 3.05) is 26.1 Å². The highest BCUT2D eigenvalue weighted by atomic mass is 16.5. The van der Waals surface area contributed by atoms with Crippen LogP contribution in [-0.2, 0) is 4.79 Å². The third kappa shape index (κ3) is 3.27. The molecule has 6 nitrogen and oxygen atoms in total. The predicted octanol–water partition coefficient (Wildman–Crippen LogP) is 0.951. The highest BCUT2D eigenvalue weighted by molar-refractivity contribution is 5.77. The molecule has 1 rings (SSSR count). The standard InChI is InChI=1S/C12H17NO5/c1-12(16,11(14)15)7-13-9-6-8(17-2)4-5-10(9)18-3/h4-6,13,16H,7H2,1-3H3,(H,14,15). The van der Waals surface area contributed by atoms with Gasteiger partial charge in [-0.05, 0) is 19.1 Å². The summed E-state index contributed by atoms with van der Waals surface area (Å²) in [5, 5.41) is 21.2. The quantitative estimate of drug-likeness (QED) is 0.701. The van der Waals surface area contributed by atoms with Gasteiger partial charge in [0.1, 0.15) is 11.5 Å². The molecule has 100 valence electrons. The third-order valence-corrected chi connectivity index (χ3v) is 2.49. The summed E-state index contributed by atoms with van der Waals surface area (Å²) in [6, 6.07) is 5.08. The van der Waals surface area contributed by atoms with Crippen LogP contribution in [-0.4, -0.2) is 42.5 Å². The van der Waals surface area contributed by atoms with Gasteiger partial charge in [0.05, 0.1) is 26.5 Å². The zero-order valence-corrected chi connectivity index (χ0v) is 10.6. The van der Waals surface area contributed by atoms with Crippen molar-refractivity contribution in [3.05, 3.63) is 18.2 Å². The molecule has 0 aliphatic rings. The van der Waals surface area contributed by atoms with Gasteiger partial charge in [0.25, 0.3) is 0 Å². The van der Waals surface area contributed by atoms with Gasteiger partial charge in [-0.3, -0.25) is 0 Å². The van der Waals surface area contributed by atoms with E-state index in [-0.39, 0.29) is 6.54 Å². The fraction of sp³-hybridized carbons (Fsp3) is 0.417. The van der Waals surface area contributed by atoms with Crippen molar-refractivity contribution in [3.8, 4) is 11.5 Å². The van der Waals surface area contributed by atoms with E-state index in [1.165, 1.54) is 21.1 Å². The van der Waals surface area contributed by atoms with Gasteiger partial charge in [-0.25, -0.2) is 4.79 Å². The highest BCUT2D eigenvalue weighted by Gasteiger charge is 2.29. The smallest absolute Gasteiger partial charge is 0.337 e. The van der Waals surface area contributed by atoms with Crippen molar-refractivity contribution < 1.29 is 24.5 Å². The minimum Gasteiger partial charge on any atom is -0.497 e. The first-order valence-corrected chi connectivity index (χ1v) is 5.32. The van der Waals surface area contributed by atoms with Crippen LogP contribution >= 0.6 is 0 Å². The van der Waals surface area contributed by atoms with E-state index in [0.29, 0.717) is 17.2 Å². The lowest BCUT2D eigenvalue weighted by Gasteiger charge is -2.20. The molecule has 0 radical (unpaired) electrons. The zero-order chi connectivity index (χ0) is 13.8.